The minimum atomic E-state index is -0.422. The molecule has 2 saturated heterocycles. The van der Waals surface area contributed by atoms with E-state index >= 15 is 0 Å². The van der Waals surface area contributed by atoms with E-state index in [1.165, 1.54) is 12.1 Å². The number of fused-ring (bicyclic) bond motifs is 1. The summed E-state index contributed by atoms with van der Waals surface area (Å²) in [6.07, 6.45) is 2.11. The summed E-state index contributed by atoms with van der Waals surface area (Å²) in [5, 5.41) is 13.6. The summed E-state index contributed by atoms with van der Waals surface area (Å²) in [6, 6.07) is 9.55. The van der Waals surface area contributed by atoms with Crippen LogP contribution in [0.2, 0.25) is 0 Å². The first kappa shape index (κ1) is 29.1. The summed E-state index contributed by atoms with van der Waals surface area (Å²) < 4.78 is 13.4. The van der Waals surface area contributed by atoms with E-state index in [0.717, 1.165) is 61.8 Å². The van der Waals surface area contributed by atoms with Crippen LogP contribution in [0.1, 0.15) is 51.4 Å². The second-order valence-electron chi connectivity index (χ2n) is 12.7. The zero-order valence-electron chi connectivity index (χ0n) is 24.6. The molecule has 4 atom stereocenters. The van der Waals surface area contributed by atoms with Crippen LogP contribution in [0.15, 0.2) is 36.5 Å². The number of carbonyl (C=O) groups excluding carboxylic acids is 1. The number of carbonyl (C=O) groups is 1. The van der Waals surface area contributed by atoms with Crippen LogP contribution in [0.25, 0.3) is 0 Å². The SMILES string of the molecule is CC(O)N1CCN(C[C@H]2CN[C@H](C)CN2CC(=O)N2CC(C)(C)c3ncc(Cc4ccc(F)cc4)cc32)C(C)C1. The third kappa shape index (κ3) is 6.39. The van der Waals surface area contributed by atoms with E-state index in [-0.39, 0.29) is 23.2 Å². The predicted octanol–water partition coefficient (Wildman–Crippen LogP) is 2.44. The monoisotopic (exact) mass is 552 g/mol. The molecule has 0 spiro atoms. The number of nitrogens with zero attached hydrogens (tertiary/aromatic N) is 5. The van der Waals surface area contributed by atoms with Crippen molar-refractivity contribution in [2.75, 3.05) is 57.3 Å². The van der Waals surface area contributed by atoms with Crippen LogP contribution >= 0.6 is 0 Å². The summed E-state index contributed by atoms with van der Waals surface area (Å²) in [4.78, 5) is 27.7. The van der Waals surface area contributed by atoms with Gasteiger partial charge in [0.1, 0.15) is 12.0 Å². The Morgan fingerprint density at radius 2 is 1.90 bits per heavy atom. The topological polar surface area (TPSA) is 75.2 Å². The van der Waals surface area contributed by atoms with Crippen molar-refractivity contribution in [3.63, 3.8) is 0 Å². The fraction of sp³-hybridized carbons (Fsp3) is 0.613. The Morgan fingerprint density at radius 3 is 2.60 bits per heavy atom. The van der Waals surface area contributed by atoms with Crippen LogP contribution in [0.3, 0.4) is 0 Å². The van der Waals surface area contributed by atoms with Crippen LogP contribution in [0, 0.1) is 5.82 Å². The Morgan fingerprint density at radius 1 is 1.15 bits per heavy atom. The van der Waals surface area contributed by atoms with E-state index < -0.39 is 6.23 Å². The maximum absolute atomic E-state index is 13.9. The third-order valence-electron chi connectivity index (χ3n) is 8.87. The number of pyridine rings is 1. The van der Waals surface area contributed by atoms with E-state index in [1.807, 2.05) is 18.0 Å². The second kappa shape index (κ2) is 11.8. The van der Waals surface area contributed by atoms with E-state index in [4.69, 9.17) is 4.98 Å². The summed E-state index contributed by atoms with van der Waals surface area (Å²) in [5.74, 6) is -0.134. The highest BCUT2D eigenvalue weighted by molar-refractivity contribution is 5.97. The van der Waals surface area contributed by atoms with Gasteiger partial charge in [-0.25, -0.2) is 4.39 Å². The second-order valence-corrected chi connectivity index (χ2v) is 12.7. The molecule has 2 N–H and O–H groups in total. The van der Waals surface area contributed by atoms with Gasteiger partial charge >= 0.3 is 0 Å². The smallest absolute Gasteiger partial charge is 0.241 e. The largest absolute Gasteiger partial charge is 0.379 e. The first-order valence-corrected chi connectivity index (χ1v) is 14.7. The van der Waals surface area contributed by atoms with Gasteiger partial charge in [-0.05, 0) is 56.5 Å². The van der Waals surface area contributed by atoms with Crippen molar-refractivity contribution in [3.05, 3.63) is 59.2 Å². The van der Waals surface area contributed by atoms with Crippen molar-refractivity contribution in [2.24, 2.45) is 0 Å². The van der Waals surface area contributed by atoms with Gasteiger partial charge in [-0.3, -0.25) is 24.5 Å². The molecule has 2 fully saturated rings. The van der Waals surface area contributed by atoms with E-state index in [0.29, 0.717) is 31.6 Å². The van der Waals surface area contributed by atoms with Gasteiger partial charge in [-0.1, -0.05) is 26.0 Å². The predicted molar refractivity (Wildman–Crippen MR) is 156 cm³/mol. The number of rotatable bonds is 7. The van der Waals surface area contributed by atoms with Crippen LogP contribution in [0.5, 0.6) is 0 Å². The number of aromatic nitrogens is 1. The first-order chi connectivity index (χ1) is 19.0. The quantitative estimate of drug-likeness (QED) is 0.547. The molecule has 2 unspecified atom stereocenters. The lowest BCUT2D eigenvalue weighted by Gasteiger charge is -2.46. The number of amides is 1. The van der Waals surface area contributed by atoms with Gasteiger partial charge in [-0.2, -0.15) is 0 Å². The van der Waals surface area contributed by atoms with Crippen molar-refractivity contribution in [3.8, 4) is 0 Å². The Hall–Kier alpha value is -2.43. The summed E-state index contributed by atoms with van der Waals surface area (Å²) in [5.41, 5.74) is 3.66. The lowest BCUT2D eigenvalue weighted by atomic mass is 9.91. The van der Waals surface area contributed by atoms with Gasteiger partial charge < -0.3 is 15.3 Å². The van der Waals surface area contributed by atoms with Gasteiger partial charge in [0.05, 0.1) is 17.9 Å². The molecule has 1 amide bonds. The number of piperazine rings is 2. The van der Waals surface area contributed by atoms with Crippen molar-refractivity contribution in [1.82, 2.24) is 25.0 Å². The zero-order chi connectivity index (χ0) is 28.6. The minimum Gasteiger partial charge on any atom is -0.379 e. The van der Waals surface area contributed by atoms with Crippen molar-refractivity contribution < 1.29 is 14.3 Å². The molecule has 3 aliphatic rings. The summed E-state index contributed by atoms with van der Waals surface area (Å²) in [6.45, 7) is 16.7. The molecule has 0 saturated carbocycles. The molecule has 1 aromatic heterocycles. The average Bonchev–Trinajstić information content (AvgIpc) is 3.18. The van der Waals surface area contributed by atoms with Crippen molar-refractivity contribution in [2.45, 2.75) is 70.8 Å². The Bertz CT molecular complexity index is 1190. The molecule has 0 aliphatic carbocycles. The van der Waals surface area contributed by atoms with Crippen LogP contribution < -0.4 is 10.2 Å². The molecule has 9 heteroatoms. The lowest BCUT2D eigenvalue weighted by molar-refractivity contribution is -0.121. The minimum absolute atomic E-state index is 0.110. The highest BCUT2D eigenvalue weighted by Crippen LogP contribution is 2.39. The number of hydrogen-bond acceptors (Lipinski definition) is 7. The molecule has 218 valence electrons. The molecule has 4 heterocycles. The average molecular weight is 553 g/mol. The Kier molecular flexibility index (Phi) is 8.59. The molecular formula is C31H45FN6O2. The number of halogens is 1. The molecule has 5 rings (SSSR count). The third-order valence-corrected chi connectivity index (χ3v) is 8.87. The summed E-state index contributed by atoms with van der Waals surface area (Å²) in [7, 11) is 0. The number of anilines is 1. The Balaban J connectivity index is 1.30. The number of nitrogens with one attached hydrogen (secondary N) is 1. The van der Waals surface area contributed by atoms with Gasteiger partial charge in [0.25, 0.3) is 0 Å². The molecular weight excluding hydrogens is 507 g/mol. The van der Waals surface area contributed by atoms with Gasteiger partial charge in [-0.15, -0.1) is 0 Å². The molecule has 0 bridgehead atoms. The summed E-state index contributed by atoms with van der Waals surface area (Å²) >= 11 is 0. The first-order valence-electron chi connectivity index (χ1n) is 14.7. The maximum Gasteiger partial charge on any atom is 0.241 e. The maximum atomic E-state index is 13.9. The molecule has 40 heavy (non-hydrogen) atoms. The number of benzene rings is 1. The van der Waals surface area contributed by atoms with Gasteiger partial charge in [0, 0.05) is 75.6 Å². The number of aliphatic hydroxyl groups is 1. The van der Waals surface area contributed by atoms with Crippen LogP contribution in [-0.4, -0.2) is 107 Å². The molecule has 0 radical (unpaired) electrons. The molecule has 2 aromatic rings. The molecule has 1 aromatic carbocycles. The molecule has 3 aliphatic heterocycles. The van der Waals surface area contributed by atoms with E-state index in [9.17, 15) is 14.3 Å². The van der Waals surface area contributed by atoms with E-state index in [1.54, 1.807) is 12.1 Å². The normalized spacial score (nSPS) is 26.6. The van der Waals surface area contributed by atoms with Gasteiger partial charge in [0.15, 0.2) is 0 Å². The number of aliphatic hydroxyl groups excluding tert-OH is 1. The number of hydrogen-bond donors (Lipinski definition) is 2. The highest BCUT2D eigenvalue weighted by atomic mass is 19.1. The van der Waals surface area contributed by atoms with Crippen LogP contribution in [0.4, 0.5) is 10.1 Å². The van der Waals surface area contributed by atoms with Gasteiger partial charge in [0.2, 0.25) is 5.91 Å². The van der Waals surface area contributed by atoms with Crippen molar-refractivity contribution >= 4 is 11.6 Å². The zero-order valence-corrected chi connectivity index (χ0v) is 24.6. The van der Waals surface area contributed by atoms with Crippen LogP contribution in [-0.2, 0) is 16.6 Å². The van der Waals surface area contributed by atoms with E-state index in [2.05, 4.69) is 53.8 Å². The fourth-order valence-corrected chi connectivity index (χ4v) is 6.50. The highest BCUT2D eigenvalue weighted by Gasteiger charge is 2.41. The lowest BCUT2D eigenvalue weighted by Crippen LogP contribution is -2.63. The van der Waals surface area contributed by atoms with Crippen molar-refractivity contribution in [1.29, 1.82) is 0 Å². The standard InChI is InChI=1S/C31H45FN6O2/c1-21-16-37(27(15-33-21)18-35-10-11-36(23(3)39)17-22(35)2)19-29(40)38-20-31(4,5)30-28(38)13-25(14-34-30)12-24-6-8-26(32)9-7-24/h6-9,13-14,21-23,27,33,39H,10-12,15-20H2,1-5H3/t21-,22?,23?,27-/m1/s1. The molecule has 8 nitrogen and oxygen atoms in total. The Labute approximate surface area is 238 Å². The fourth-order valence-electron chi connectivity index (χ4n) is 6.50.